The molecule has 0 radical (unpaired) electrons. The van der Waals surface area contributed by atoms with Gasteiger partial charge in [0, 0.05) is 31.0 Å². The molecule has 3 aliphatic rings. The summed E-state index contributed by atoms with van der Waals surface area (Å²) in [6, 6.07) is 16.4. The summed E-state index contributed by atoms with van der Waals surface area (Å²) >= 11 is 0. The van der Waals surface area contributed by atoms with Crippen LogP contribution in [0.25, 0.3) is 11.1 Å². The number of carbonyl (C=O) groups excluding carboxylic acids is 2. The molecule has 0 aromatic heterocycles. The Hall–Kier alpha value is -3.35. The number of amides is 2. The fourth-order valence-electron chi connectivity index (χ4n) is 6.11. The Balaban J connectivity index is 1.13. The first kappa shape index (κ1) is 23.4. The van der Waals surface area contributed by atoms with Crippen LogP contribution in [-0.4, -0.2) is 53.7 Å². The van der Waals surface area contributed by atoms with Gasteiger partial charge in [-0.3, -0.25) is 9.59 Å². The first-order valence-electron chi connectivity index (χ1n) is 12.5. The van der Waals surface area contributed by atoms with Gasteiger partial charge in [-0.2, -0.15) is 0 Å². The molecule has 35 heavy (non-hydrogen) atoms. The van der Waals surface area contributed by atoms with Gasteiger partial charge in [-0.1, -0.05) is 55.5 Å². The van der Waals surface area contributed by atoms with Crippen molar-refractivity contribution >= 4 is 18.0 Å². The van der Waals surface area contributed by atoms with E-state index in [0.29, 0.717) is 19.5 Å². The maximum Gasteiger partial charge on any atom is 0.407 e. The van der Waals surface area contributed by atoms with Gasteiger partial charge >= 0.3 is 12.1 Å². The molecule has 2 aromatic carbocycles. The number of hydrogen-bond donors (Lipinski definition) is 2. The molecule has 4 atom stereocenters. The third kappa shape index (κ3) is 4.77. The summed E-state index contributed by atoms with van der Waals surface area (Å²) in [7, 11) is 0. The average Bonchev–Trinajstić information content (AvgIpc) is 3.53. The van der Waals surface area contributed by atoms with Crippen molar-refractivity contribution in [3.63, 3.8) is 0 Å². The predicted molar refractivity (Wildman–Crippen MR) is 131 cm³/mol. The van der Waals surface area contributed by atoms with Gasteiger partial charge in [-0.05, 0) is 53.4 Å². The number of aliphatic carboxylic acids is 1. The number of nitrogens with one attached hydrogen (secondary N) is 1. The van der Waals surface area contributed by atoms with Crippen LogP contribution in [0, 0.1) is 17.8 Å². The third-order valence-corrected chi connectivity index (χ3v) is 7.96. The molecule has 0 bridgehead atoms. The van der Waals surface area contributed by atoms with Crippen LogP contribution in [0.2, 0.25) is 0 Å². The van der Waals surface area contributed by atoms with Gasteiger partial charge in [0.05, 0.1) is 6.42 Å². The van der Waals surface area contributed by atoms with Crippen LogP contribution in [0.15, 0.2) is 48.5 Å². The van der Waals surface area contributed by atoms with Gasteiger partial charge in [0.15, 0.2) is 0 Å². The zero-order valence-corrected chi connectivity index (χ0v) is 20.0. The molecule has 0 unspecified atom stereocenters. The zero-order valence-electron chi connectivity index (χ0n) is 20.0. The molecule has 2 aliphatic carbocycles. The summed E-state index contributed by atoms with van der Waals surface area (Å²) in [4.78, 5) is 38.5. The Morgan fingerprint density at radius 2 is 1.66 bits per heavy atom. The highest BCUT2D eigenvalue weighted by atomic mass is 16.5. The van der Waals surface area contributed by atoms with Crippen molar-refractivity contribution in [2.24, 2.45) is 17.8 Å². The maximum absolute atomic E-state index is 13.0. The molecular formula is C28H32N2O5. The Kier molecular flexibility index (Phi) is 6.50. The predicted octanol–water partition coefficient (Wildman–Crippen LogP) is 4.26. The first-order chi connectivity index (χ1) is 16.9. The standard InChI is InChI=1S/C28H32N2O5/c1-17-14-30(15-19(17)13-26(31)32)27(33)18-10-11-20(12-18)29-28(34)35-16-25-23-8-4-2-6-21(23)22-7-3-5-9-24(22)25/h2-9,17-20,25H,10-16H2,1H3,(H,29,34)(H,31,32)/t17-,18-,19-,20+/m1/s1. The number of likely N-dealkylation sites (tertiary alicyclic amines) is 1. The summed E-state index contributed by atoms with van der Waals surface area (Å²) in [5.41, 5.74) is 4.73. The minimum atomic E-state index is -0.815. The molecule has 0 spiro atoms. The monoisotopic (exact) mass is 476 g/mol. The van der Waals surface area contributed by atoms with Gasteiger partial charge in [0.25, 0.3) is 0 Å². The summed E-state index contributed by atoms with van der Waals surface area (Å²) < 4.78 is 5.66. The molecule has 1 heterocycles. The van der Waals surface area contributed by atoms with Crippen molar-refractivity contribution in [3.8, 4) is 11.1 Å². The molecule has 2 fully saturated rings. The number of rotatable bonds is 6. The Labute approximate surface area is 205 Å². The van der Waals surface area contributed by atoms with Crippen LogP contribution in [-0.2, 0) is 14.3 Å². The average molecular weight is 477 g/mol. The number of nitrogens with zero attached hydrogens (tertiary/aromatic N) is 1. The van der Waals surface area contributed by atoms with Crippen molar-refractivity contribution in [1.29, 1.82) is 0 Å². The number of benzene rings is 2. The second-order valence-electron chi connectivity index (χ2n) is 10.3. The van der Waals surface area contributed by atoms with Crippen LogP contribution < -0.4 is 5.32 Å². The zero-order chi connectivity index (χ0) is 24.5. The van der Waals surface area contributed by atoms with Gasteiger partial charge < -0.3 is 20.1 Å². The number of alkyl carbamates (subject to hydrolysis) is 1. The molecular weight excluding hydrogens is 444 g/mol. The Morgan fingerprint density at radius 1 is 1.00 bits per heavy atom. The van der Waals surface area contributed by atoms with E-state index in [9.17, 15) is 14.4 Å². The molecule has 1 saturated carbocycles. The second kappa shape index (κ2) is 9.72. The van der Waals surface area contributed by atoms with E-state index < -0.39 is 12.1 Å². The molecule has 2 amide bonds. The van der Waals surface area contributed by atoms with Gasteiger partial charge in [-0.15, -0.1) is 0 Å². The van der Waals surface area contributed by atoms with Crippen LogP contribution >= 0.6 is 0 Å². The van der Waals surface area contributed by atoms with E-state index in [2.05, 4.69) is 29.6 Å². The van der Waals surface area contributed by atoms with Crippen molar-refractivity contribution in [3.05, 3.63) is 59.7 Å². The van der Waals surface area contributed by atoms with Gasteiger partial charge in [-0.25, -0.2) is 4.79 Å². The molecule has 2 N–H and O–H groups in total. The van der Waals surface area contributed by atoms with Crippen LogP contribution in [0.5, 0.6) is 0 Å². The second-order valence-corrected chi connectivity index (χ2v) is 10.3. The minimum Gasteiger partial charge on any atom is -0.481 e. The topological polar surface area (TPSA) is 95.9 Å². The van der Waals surface area contributed by atoms with Crippen LogP contribution in [0.3, 0.4) is 0 Å². The summed E-state index contributed by atoms with van der Waals surface area (Å²) in [5.74, 6) is -0.656. The smallest absolute Gasteiger partial charge is 0.407 e. The van der Waals surface area contributed by atoms with Crippen LogP contribution in [0.4, 0.5) is 4.79 Å². The fourth-order valence-corrected chi connectivity index (χ4v) is 6.11. The molecule has 184 valence electrons. The van der Waals surface area contributed by atoms with Crippen molar-refractivity contribution in [1.82, 2.24) is 10.2 Å². The minimum absolute atomic E-state index is 0.00704. The molecule has 7 nitrogen and oxygen atoms in total. The van der Waals surface area contributed by atoms with Gasteiger partial charge in [0.1, 0.15) is 6.61 Å². The van der Waals surface area contributed by atoms with E-state index in [-0.39, 0.29) is 48.6 Å². The highest BCUT2D eigenvalue weighted by Gasteiger charge is 2.39. The highest BCUT2D eigenvalue weighted by molar-refractivity contribution is 5.80. The largest absolute Gasteiger partial charge is 0.481 e. The number of carboxylic acid groups (broad SMARTS) is 1. The van der Waals surface area contributed by atoms with E-state index >= 15 is 0 Å². The van der Waals surface area contributed by atoms with E-state index in [1.165, 1.54) is 22.3 Å². The fraction of sp³-hybridized carbons (Fsp3) is 0.464. The first-order valence-corrected chi connectivity index (χ1v) is 12.5. The van der Waals surface area contributed by atoms with E-state index in [0.717, 1.165) is 12.8 Å². The number of carbonyl (C=O) groups is 3. The quantitative estimate of drug-likeness (QED) is 0.649. The van der Waals surface area contributed by atoms with Crippen LogP contribution in [0.1, 0.15) is 49.7 Å². The molecule has 1 aliphatic heterocycles. The number of fused-ring (bicyclic) bond motifs is 3. The number of hydrogen-bond acceptors (Lipinski definition) is 4. The van der Waals surface area contributed by atoms with Crippen molar-refractivity contribution in [2.45, 2.75) is 44.6 Å². The molecule has 1 saturated heterocycles. The Morgan fingerprint density at radius 3 is 2.31 bits per heavy atom. The van der Waals surface area contributed by atoms with Crippen molar-refractivity contribution < 1.29 is 24.2 Å². The highest BCUT2D eigenvalue weighted by Crippen LogP contribution is 2.44. The Bertz CT molecular complexity index is 1090. The lowest BCUT2D eigenvalue weighted by Crippen LogP contribution is -2.37. The summed E-state index contributed by atoms with van der Waals surface area (Å²) in [6.45, 7) is 3.40. The molecule has 5 rings (SSSR count). The summed E-state index contributed by atoms with van der Waals surface area (Å²) in [5, 5.41) is 12.1. The van der Waals surface area contributed by atoms with Crippen molar-refractivity contribution in [2.75, 3.05) is 19.7 Å². The SMILES string of the molecule is C[C@@H]1CN(C(=O)[C@@H]2CC[C@H](NC(=O)OCC3c4ccccc4-c4ccccc43)C2)C[C@H]1CC(=O)O. The lowest BCUT2D eigenvalue weighted by molar-refractivity contribution is -0.139. The van der Waals surface area contributed by atoms with E-state index in [1.54, 1.807) is 0 Å². The molecule has 7 heteroatoms. The summed E-state index contributed by atoms with van der Waals surface area (Å²) in [6.07, 6.45) is 1.71. The van der Waals surface area contributed by atoms with E-state index in [4.69, 9.17) is 9.84 Å². The maximum atomic E-state index is 13.0. The molecule has 2 aromatic rings. The number of ether oxygens (including phenoxy) is 1. The number of carboxylic acids is 1. The third-order valence-electron chi connectivity index (χ3n) is 7.96. The normalized spacial score (nSPS) is 25.2. The van der Waals surface area contributed by atoms with E-state index in [1.807, 2.05) is 36.1 Å². The lowest BCUT2D eigenvalue weighted by atomic mass is 9.95. The van der Waals surface area contributed by atoms with Gasteiger partial charge in [0.2, 0.25) is 5.91 Å². The lowest BCUT2D eigenvalue weighted by Gasteiger charge is -2.21.